The molecule has 1 heterocycles. The summed E-state index contributed by atoms with van der Waals surface area (Å²) in [6.45, 7) is 5.88. The van der Waals surface area contributed by atoms with Gasteiger partial charge in [-0.1, -0.05) is 15.9 Å². The Hall–Kier alpha value is -0.540. The molecule has 0 saturated carbocycles. The van der Waals surface area contributed by atoms with Crippen molar-refractivity contribution in [2.75, 3.05) is 13.2 Å². The Kier molecular flexibility index (Phi) is 3.87. The second-order valence-corrected chi connectivity index (χ2v) is 5.23. The van der Waals surface area contributed by atoms with E-state index in [1.54, 1.807) is 0 Å². The van der Waals surface area contributed by atoms with Crippen molar-refractivity contribution in [2.45, 2.75) is 32.8 Å². The first-order valence-corrected chi connectivity index (χ1v) is 6.47. The number of halogens is 1. The normalized spacial score (nSPS) is 18.6. The van der Waals surface area contributed by atoms with Crippen LogP contribution in [-0.2, 0) is 4.74 Å². The molecule has 1 atom stereocenters. The Balaban J connectivity index is 1.87. The van der Waals surface area contributed by atoms with E-state index in [-0.39, 0.29) is 0 Å². The summed E-state index contributed by atoms with van der Waals surface area (Å²) in [7, 11) is 0. The molecule has 2 rings (SSSR count). The topological polar surface area (TPSA) is 21.8 Å². The number of ether oxygens (including phenoxy) is 2. The number of epoxide rings is 1. The molecule has 1 saturated heterocycles. The van der Waals surface area contributed by atoms with Gasteiger partial charge in [0.05, 0.1) is 19.3 Å². The van der Waals surface area contributed by atoms with E-state index in [0.29, 0.717) is 6.10 Å². The maximum absolute atomic E-state index is 5.82. The van der Waals surface area contributed by atoms with E-state index in [1.165, 1.54) is 11.1 Å². The van der Waals surface area contributed by atoms with Crippen LogP contribution in [0.1, 0.15) is 24.0 Å². The molecule has 0 aromatic heterocycles. The fourth-order valence-electron chi connectivity index (χ4n) is 1.85. The van der Waals surface area contributed by atoms with E-state index in [4.69, 9.17) is 9.47 Å². The van der Waals surface area contributed by atoms with Crippen LogP contribution in [0.2, 0.25) is 0 Å². The number of benzene rings is 1. The van der Waals surface area contributed by atoms with Crippen molar-refractivity contribution in [3.63, 3.8) is 0 Å². The van der Waals surface area contributed by atoms with Crippen molar-refractivity contribution < 1.29 is 9.47 Å². The standard InChI is InChI=1S/C13H17BrO2/c1-9-6-11(14)7-10(2)13(9)15-5-3-4-12-8-16-12/h6-7,12H,3-5,8H2,1-2H3. The van der Waals surface area contributed by atoms with Crippen LogP contribution in [0.25, 0.3) is 0 Å². The molecule has 3 heteroatoms. The number of hydrogen-bond donors (Lipinski definition) is 0. The lowest BCUT2D eigenvalue weighted by Gasteiger charge is -2.12. The van der Waals surface area contributed by atoms with E-state index in [1.807, 2.05) is 0 Å². The molecule has 16 heavy (non-hydrogen) atoms. The number of aryl methyl sites for hydroxylation is 2. The highest BCUT2D eigenvalue weighted by Crippen LogP contribution is 2.27. The summed E-state index contributed by atoms with van der Waals surface area (Å²) >= 11 is 3.48. The molecule has 0 aliphatic carbocycles. The van der Waals surface area contributed by atoms with Crippen LogP contribution in [0.3, 0.4) is 0 Å². The Morgan fingerprint density at radius 2 is 2.00 bits per heavy atom. The predicted molar refractivity (Wildman–Crippen MR) is 68.1 cm³/mol. The molecular weight excluding hydrogens is 268 g/mol. The van der Waals surface area contributed by atoms with Crippen molar-refractivity contribution in [1.29, 1.82) is 0 Å². The van der Waals surface area contributed by atoms with Gasteiger partial charge in [0, 0.05) is 4.47 Å². The highest BCUT2D eigenvalue weighted by molar-refractivity contribution is 9.10. The average molecular weight is 285 g/mol. The molecule has 1 aromatic rings. The molecule has 1 aliphatic rings. The van der Waals surface area contributed by atoms with E-state index in [9.17, 15) is 0 Å². The summed E-state index contributed by atoms with van der Waals surface area (Å²) in [6.07, 6.45) is 2.70. The fourth-order valence-corrected chi connectivity index (χ4v) is 2.53. The van der Waals surface area contributed by atoms with Gasteiger partial charge >= 0.3 is 0 Å². The lowest BCUT2D eigenvalue weighted by molar-refractivity contribution is 0.290. The summed E-state index contributed by atoms with van der Waals surface area (Å²) in [6, 6.07) is 4.18. The van der Waals surface area contributed by atoms with Crippen LogP contribution >= 0.6 is 15.9 Å². The van der Waals surface area contributed by atoms with Crippen LogP contribution < -0.4 is 4.74 Å². The molecule has 0 N–H and O–H groups in total. The van der Waals surface area contributed by atoms with Crippen LogP contribution in [0.15, 0.2) is 16.6 Å². The van der Waals surface area contributed by atoms with Gasteiger partial charge in [0.2, 0.25) is 0 Å². The average Bonchev–Trinajstić information content (AvgIpc) is 2.98. The number of hydrogen-bond acceptors (Lipinski definition) is 2. The molecular formula is C13H17BrO2. The van der Waals surface area contributed by atoms with E-state index >= 15 is 0 Å². The zero-order valence-corrected chi connectivity index (χ0v) is 11.3. The van der Waals surface area contributed by atoms with Crippen molar-refractivity contribution in [3.8, 4) is 5.75 Å². The van der Waals surface area contributed by atoms with Crippen molar-refractivity contribution in [2.24, 2.45) is 0 Å². The summed E-state index contributed by atoms with van der Waals surface area (Å²) in [5.41, 5.74) is 2.38. The van der Waals surface area contributed by atoms with Crippen molar-refractivity contribution >= 4 is 15.9 Å². The van der Waals surface area contributed by atoms with Gasteiger partial charge in [-0.2, -0.15) is 0 Å². The quantitative estimate of drug-likeness (QED) is 0.608. The highest BCUT2D eigenvalue weighted by atomic mass is 79.9. The van der Waals surface area contributed by atoms with Gasteiger partial charge in [-0.25, -0.2) is 0 Å². The largest absolute Gasteiger partial charge is 0.493 e. The maximum atomic E-state index is 5.82. The van der Waals surface area contributed by atoms with Gasteiger partial charge in [0.15, 0.2) is 0 Å². The first-order chi connectivity index (χ1) is 7.66. The van der Waals surface area contributed by atoms with Gasteiger partial charge in [0.1, 0.15) is 5.75 Å². The van der Waals surface area contributed by atoms with Crippen molar-refractivity contribution in [1.82, 2.24) is 0 Å². The smallest absolute Gasteiger partial charge is 0.125 e. The fraction of sp³-hybridized carbons (Fsp3) is 0.538. The highest BCUT2D eigenvalue weighted by Gasteiger charge is 2.21. The number of rotatable bonds is 5. The van der Waals surface area contributed by atoms with E-state index in [0.717, 1.165) is 36.3 Å². The molecule has 1 aromatic carbocycles. The van der Waals surface area contributed by atoms with Gasteiger partial charge < -0.3 is 9.47 Å². The Labute approximate surface area is 105 Å². The predicted octanol–water partition coefficient (Wildman–Crippen LogP) is 3.62. The molecule has 2 nitrogen and oxygen atoms in total. The monoisotopic (exact) mass is 284 g/mol. The SMILES string of the molecule is Cc1cc(Br)cc(C)c1OCCCC1CO1. The Morgan fingerprint density at radius 1 is 1.38 bits per heavy atom. The minimum absolute atomic E-state index is 0.510. The first kappa shape index (κ1) is 11.9. The second-order valence-electron chi connectivity index (χ2n) is 4.31. The van der Waals surface area contributed by atoms with Gasteiger partial charge in [-0.05, 0) is 49.9 Å². The third kappa shape index (κ3) is 3.22. The molecule has 88 valence electrons. The summed E-state index contributed by atoms with van der Waals surface area (Å²) in [4.78, 5) is 0. The summed E-state index contributed by atoms with van der Waals surface area (Å²) < 4.78 is 12.1. The molecule has 1 fully saturated rings. The first-order valence-electron chi connectivity index (χ1n) is 5.68. The lowest BCUT2D eigenvalue weighted by Crippen LogP contribution is -2.02. The molecule has 1 aliphatic heterocycles. The Morgan fingerprint density at radius 3 is 2.56 bits per heavy atom. The molecule has 0 amide bonds. The lowest BCUT2D eigenvalue weighted by atomic mass is 10.1. The minimum atomic E-state index is 0.510. The van der Waals surface area contributed by atoms with Crippen LogP contribution in [0.4, 0.5) is 0 Å². The van der Waals surface area contributed by atoms with Gasteiger partial charge in [0.25, 0.3) is 0 Å². The van der Waals surface area contributed by atoms with E-state index in [2.05, 4.69) is 41.9 Å². The van der Waals surface area contributed by atoms with Crippen LogP contribution in [0, 0.1) is 13.8 Å². The van der Waals surface area contributed by atoms with Crippen LogP contribution in [-0.4, -0.2) is 19.3 Å². The molecule has 0 radical (unpaired) electrons. The second kappa shape index (κ2) is 5.19. The van der Waals surface area contributed by atoms with Crippen LogP contribution in [0.5, 0.6) is 5.75 Å². The minimum Gasteiger partial charge on any atom is -0.493 e. The summed E-state index contributed by atoms with van der Waals surface area (Å²) in [5, 5.41) is 0. The van der Waals surface area contributed by atoms with Crippen molar-refractivity contribution in [3.05, 3.63) is 27.7 Å². The zero-order valence-electron chi connectivity index (χ0n) is 9.75. The molecule has 1 unspecified atom stereocenters. The third-order valence-electron chi connectivity index (χ3n) is 2.74. The zero-order chi connectivity index (χ0) is 11.5. The maximum Gasteiger partial charge on any atom is 0.125 e. The van der Waals surface area contributed by atoms with Gasteiger partial charge in [-0.15, -0.1) is 0 Å². The Bertz CT molecular complexity index is 349. The third-order valence-corrected chi connectivity index (χ3v) is 3.20. The summed E-state index contributed by atoms with van der Waals surface area (Å²) in [5.74, 6) is 1.03. The van der Waals surface area contributed by atoms with Gasteiger partial charge in [-0.3, -0.25) is 0 Å². The molecule has 0 spiro atoms. The van der Waals surface area contributed by atoms with E-state index < -0.39 is 0 Å². The molecule has 0 bridgehead atoms.